The van der Waals surface area contributed by atoms with Crippen LogP contribution in [0.3, 0.4) is 0 Å². The molecule has 0 aliphatic carbocycles. The third kappa shape index (κ3) is 3.74. The van der Waals surface area contributed by atoms with Gasteiger partial charge in [0, 0.05) is 23.7 Å². The van der Waals surface area contributed by atoms with Crippen molar-refractivity contribution in [3.63, 3.8) is 0 Å². The van der Waals surface area contributed by atoms with Crippen LogP contribution in [0, 0.1) is 5.82 Å². The van der Waals surface area contributed by atoms with Gasteiger partial charge in [0.05, 0.1) is 11.5 Å². The van der Waals surface area contributed by atoms with Gasteiger partial charge in [-0.2, -0.15) is 0 Å². The van der Waals surface area contributed by atoms with Crippen molar-refractivity contribution < 1.29 is 17.6 Å². The first-order chi connectivity index (χ1) is 10.3. The zero-order chi connectivity index (χ0) is 16.3. The molecule has 1 aliphatic heterocycles. The molecule has 1 heterocycles. The second-order valence-electron chi connectivity index (χ2n) is 5.50. The van der Waals surface area contributed by atoms with Crippen molar-refractivity contribution in [3.8, 4) is 0 Å². The summed E-state index contributed by atoms with van der Waals surface area (Å²) in [5.41, 5.74) is 0.750. The predicted octanol–water partition coefficient (Wildman–Crippen LogP) is 2.26. The summed E-state index contributed by atoms with van der Waals surface area (Å²) in [6.07, 6.45) is 1.97. The molecule has 22 heavy (non-hydrogen) atoms. The maximum Gasteiger partial charge on any atom is 0.249 e. The number of nitrogens with zero attached hydrogens (tertiary/aromatic N) is 1. The maximum absolute atomic E-state index is 13.7. The molecule has 4 nitrogen and oxygen atoms in total. The van der Waals surface area contributed by atoms with Crippen molar-refractivity contribution in [2.75, 3.05) is 18.1 Å². The highest BCUT2D eigenvalue weighted by Crippen LogP contribution is 2.20. The fourth-order valence-electron chi connectivity index (χ4n) is 2.70. The molecule has 0 saturated carbocycles. The van der Waals surface area contributed by atoms with Gasteiger partial charge in [0.2, 0.25) is 5.91 Å². The molecule has 1 aromatic carbocycles. The monoisotopic (exact) mass is 325 g/mol. The fourth-order valence-corrected chi connectivity index (χ4v) is 4.43. The molecule has 1 aromatic rings. The quantitative estimate of drug-likeness (QED) is 0.798. The van der Waals surface area contributed by atoms with Gasteiger partial charge in [0.15, 0.2) is 9.84 Å². The Morgan fingerprint density at radius 2 is 2.09 bits per heavy atom. The van der Waals surface area contributed by atoms with Crippen molar-refractivity contribution in [1.82, 2.24) is 4.90 Å². The Morgan fingerprint density at radius 3 is 2.64 bits per heavy atom. The van der Waals surface area contributed by atoms with E-state index in [9.17, 15) is 17.6 Å². The first-order valence-corrected chi connectivity index (χ1v) is 9.10. The van der Waals surface area contributed by atoms with Gasteiger partial charge in [-0.1, -0.05) is 18.2 Å². The Bertz CT molecular complexity index is 697. The minimum atomic E-state index is -3.05. The van der Waals surface area contributed by atoms with Gasteiger partial charge >= 0.3 is 0 Å². The van der Waals surface area contributed by atoms with Gasteiger partial charge in [0.1, 0.15) is 5.82 Å². The zero-order valence-corrected chi connectivity index (χ0v) is 13.6. The van der Waals surface area contributed by atoms with Crippen molar-refractivity contribution in [1.29, 1.82) is 0 Å². The number of benzene rings is 1. The van der Waals surface area contributed by atoms with E-state index in [4.69, 9.17) is 0 Å². The van der Waals surface area contributed by atoms with Crippen LogP contribution in [0.1, 0.15) is 25.8 Å². The van der Waals surface area contributed by atoms with E-state index in [-0.39, 0.29) is 29.3 Å². The van der Waals surface area contributed by atoms with Crippen molar-refractivity contribution in [2.24, 2.45) is 0 Å². The summed E-state index contributed by atoms with van der Waals surface area (Å²) >= 11 is 0. The minimum absolute atomic E-state index is 0.0135. The molecule has 0 bridgehead atoms. The van der Waals surface area contributed by atoms with E-state index < -0.39 is 9.84 Å². The number of amides is 1. The fraction of sp³-hybridized carbons (Fsp3) is 0.438. The molecule has 2 rings (SSSR count). The van der Waals surface area contributed by atoms with E-state index in [1.54, 1.807) is 30.0 Å². The number of halogens is 1. The van der Waals surface area contributed by atoms with Crippen LogP contribution in [0.15, 0.2) is 29.8 Å². The third-order valence-corrected chi connectivity index (χ3v) is 5.62. The van der Waals surface area contributed by atoms with Crippen LogP contribution in [0.4, 0.5) is 4.39 Å². The summed E-state index contributed by atoms with van der Waals surface area (Å²) in [5, 5.41) is 0. The van der Waals surface area contributed by atoms with Gasteiger partial charge in [-0.3, -0.25) is 4.79 Å². The number of sulfone groups is 1. The van der Waals surface area contributed by atoms with Crippen LogP contribution in [0.5, 0.6) is 0 Å². The molecule has 0 N–H and O–H groups in total. The highest BCUT2D eigenvalue weighted by atomic mass is 32.2. The summed E-state index contributed by atoms with van der Waals surface area (Å²) in [4.78, 5) is 14.1. The first-order valence-electron chi connectivity index (χ1n) is 7.28. The molecule has 6 heteroatoms. The molecule has 1 unspecified atom stereocenters. The van der Waals surface area contributed by atoms with E-state index >= 15 is 0 Å². The number of hydrogen-bond acceptors (Lipinski definition) is 3. The molecule has 1 saturated heterocycles. The molecule has 0 radical (unpaired) electrons. The third-order valence-electron chi connectivity index (χ3n) is 3.87. The molecule has 1 aliphatic rings. The molecular weight excluding hydrogens is 305 g/mol. The lowest BCUT2D eigenvalue weighted by molar-refractivity contribution is -0.128. The molecule has 120 valence electrons. The van der Waals surface area contributed by atoms with Crippen molar-refractivity contribution >= 4 is 21.8 Å². The van der Waals surface area contributed by atoms with Crippen molar-refractivity contribution in [2.45, 2.75) is 26.3 Å². The SMILES string of the molecule is CCN(C(=O)/C(C)=C/c1ccccc1F)C1CCS(=O)(=O)C1. The Kier molecular flexibility index (Phi) is 5.01. The normalized spacial score (nSPS) is 20.9. The summed E-state index contributed by atoms with van der Waals surface area (Å²) in [7, 11) is -3.05. The topological polar surface area (TPSA) is 54.5 Å². The van der Waals surface area contributed by atoms with E-state index in [2.05, 4.69) is 0 Å². The largest absolute Gasteiger partial charge is 0.335 e. The standard InChI is InChI=1S/C16H20FNO3S/c1-3-18(14-8-9-22(20,21)11-14)16(19)12(2)10-13-6-4-5-7-15(13)17/h4-7,10,14H,3,8-9,11H2,1-2H3/b12-10+. The van der Waals surface area contributed by atoms with Crippen LogP contribution in [0.2, 0.25) is 0 Å². The van der Waals surface area contributed by atoms with Crippen LogP contribution in [-0.2, 0) is 14.6 Å². The van der Waals surface area contributed by atoms with Gasteiger partial charge < -0.3 is 4.90 Å². The highest BCUT2D eigenvalue weighted by molar-refractivity contribution is 7.91. The Balaban J connectivity index is 2.20. The molecular formula is C16H20FNO3S. The number of hydrogen-bond donors (Lipinski definition) is 0. The lowest BCUT2D eigenvalue weighted by Crippen LogP contribution is -2.41. The molecule has 1 amide bonds. The van der Waals surface area contributed by atoms with Gasteiger partial charge in [-0.05, 0) is 32.4 Å². The molecule has 1 atom stereocenters. The van der Waals surface area contributed by atoms with E-state index in [0.717, 1.165) is 0 Å². The second-order valence-corrected chi connectivity index (χ2v) is 7.73. The lowest BCUT2D eigenvalue weighted by Gasteiger charge is -2.27. The van der Waals surface area contributed by atoms with Gasteiger partial charge in [-0.15, -0.1) is 0 Å². The van der Waals surface area contributed by atoms with Crippen LogP contribution < -0.4 is 0 Å². The van der Waals surface area contributed by atoms with Crippen molar-refractivity contribution in [3.05, 3.63) is 41.2 Å². The number of likely N-dealkylation sites (N-methyl/N-ethyl adjacent to an activating group) is 1. The van der Waals surface area contributed by atoms with Crippen LogP contribution in [-0.4, -0.2) is 43.3 Å². The minimum Gasteiger partial charge on any atom is -0.335 e. The van der Waals surface area contributed by atoms with E-state index in [1.165, 1.54) is 12.1 Å². The molecule has 1 fully saturated rings. The summed E-state index contributed by atoms with van der Waals surface area (Å²) in [6.45, 7) is 3.88. The molecule has 0 spiro atoms. The van der Waals surface area contributed by atoms with Crippen LogP contribution >= 0.6 is 0 Å². The highest BCUT2D eigenvalue weighted by Gasteiger charge is 2.34. The lowest BCUT2D eigenvalue weighted by atomic mass is 10.1. The van der Waals surface area contributed by atoms with E-state index in [1.807, 2.05) is 6.92 Å². The average Bonchev–Trinajstić information content (AvgIpc) is 2.82. The predicted molar refractivity (Wildman–Crippen MR) is 84.5 cm³/mol. The van der Waals surface area contributed by atoms with E-state index in [0.29, 0.717) is 24.1 Å². The smallest absolute Gasteiger partial charge is 0.249 e. The number of carbonyl (C=O) groups is 1. The van der Waals surface area contributed by atoms with Gasteiger partial charge in [0.25, 0.3) is 0 Å². The van der Waals surface area contributed by atoms with Gasteiger partial charge in [-0.25, -0.2) is 12.8 Å². The average molecular weight is 325 g/mol. The maximum atomic E-state index is 13.7. The Labute approximate surface area is 130 Å². The Hall–Kier alpha value is -1.69. The van der Waals surface area contributed by atoms with Crippen LogP contribution in [0.25, 0.3) is 6.08 Å². The number of carbonyl (C=O) groups excluding carboxylic acids is 1. The summed E-state index contributed by atoms with van der Waals surface area (Å²) in [6, 6.07) is 5.94. The molecule has 0 aromatic heterocycles. The number of rotatable bonds is 4. The second kappa shape index (κ2) is 6.60. The Morgan fingerprint density at radius 1 is 1.41 bits per heavy atom. The summed E-state index contributed by atoms with van der Waals surface area (Å²) < 4.78 is 36.8. The first kappa shape index (κ1) is 16.7. The summed E-state index contributed by atoms with van der Waals surface area (Å²) in [5.74, 6) is -0.495. The zero-order valence-electron chi connectivity index (χ0n) is 12.8.